The molecule has 0 fully saturated rings. The number of hydrogen-bond donors (Lipinski definition) is 0. The van der Waals surface area contributed by atoms with Crippen LogP contribution in [0.4, 0.5) is 0 Å². The summed E-state index contributed by atoms with van der Waals surface area (Å²) in [5.41, 5.74) is 0. The van der Waals surface area contributed by atoms with Crippen molar-refractivity contribution in [2.45, 2.75) is 386 Å². The van der Waals surface area contributed by atoms with Crippen LogP contribution in [0.25, 0.3) is 0 Å². The normalized spacial score (nSPS) is 12.1. The third-order valence-corrected chi connectivity index (χ3v) is 15.4. The van der Waals surface area contributed by atoms with Crippen LogP contribution < -0.4 is 0 Å². The van der Waals surface area contributed by atoms with Crippen molar-refractivity contribution in [3.8, 4) is 0 Å². The molecule has 0 heterocycles. The molecule has 0 aromatic carbocycles. The van der Waals surface area contributed by atoms with Gasteiger partial charge in [-0.25, -0.2) is 0 Å². The fraction of sp³-hybridized carbons (Fsp3) is 0.899. The average molecular weight is 1060 g/mol. The molecule has 0 saturated heterocycles. The Hall–Kier alpha value is -2.11. The van der Waals surface area contributed by atoms with E-state index in [1.807, 2.05) is 0 Å². The zero-order valence-corrected chi connectivity index (χ0v) is 50.8. The van der Waals surface area contributed by atoms with Crippen LogP contribution in [0.5, 0.6) is 0 Å². The maximum absolute atomic E-state index is 12.9. The molecule has 0 bridgehead atoms. The first-order valence-electron chi connectivity index (χ1n) is 33.8. The number of carbonyl (C=O) groups is 3. The molecule has 0 rings (SSSR count). The Morgan fingerprint density at radius 1 is 0.253 bits per heavy atom. The van der Waals surface area contributed by atoms with Gasteiger partial charge in [0.25, 0.3) is 0 Å². The van der Waals surface area contributed by atoms with Gasteiger partial charge in [0, 0.05) is 19.3 Å². The molecule has 1 unspecified atom stereocenters. The summed E-state index contributed by atoms with van der Waals surface area (Å²) in [6.45, 7) is 6.63. The van der Waals surface area contributed by atoms with Gasteiger partial charge in [-0.2, -0.15) is 0 Å². The molecule has 0 aromatic heterocycles. The SMILES string of the molecule is CCC/C=C\CCCCCCCC(=O)OCC(COC(=O)CCCCCCCCCCCCCCCCCCCCCCCCCCCCCCC)OC(=O)CCCCCCCCC/C=C\CCCCCCCCC. The molecule has 0 aromatic rings. The minimum atomic E-state index is -0.774. The molecular weight excluding hydrogens is 925 g/mol. The number of rotatable bonds is 63. The number of allylic oxidation sites excluding steroid dienone is 4. The summed E-state index contributed by atoms with van der Waals surface area (Å²) in [6, 6.07) is 0. The van der Waals surface area contributed by atoms with E-state index in [4.69, 9.17) is 14.2 Å². The summed E-state index contributed by atoms with van der Waals surface area (Å²) in [5, 5.41) is 0. The molecule has 0 radical (unpaired) electrons. The van der Waals surface area contributed by atoms with Crippen molar-refractivity contribution < 1.29 is 28.6 Å². The molecule has 442 valence electrons. The zero-order chi connectivity index (χ0) is 54.3. The number of hydrogen-bond acceptors (Lipinski definition) is 6. The Labute approximate surface area is 468 Å². The van der Waals surface area contributed by atoms with Gasteiger partial charge < -0.3 is 14.2 Å². The second-order valence-electron chi connectivity index (χ2n) is 23.1. The van der Waals surface area contributed by atoms with E-state index in [-0.39, 0.29) is 31.1 Å². The highest BCUT2D eigenvalue weighted by atomic mass is 16.6. The van der Waals surface area contributed by atoms with E-state index in [1.165, 1.54) is 270 Å². The molecule has 0 N–H and O–H groups in total. The Bertz CT molecular complexity index is 1210. The second-order valence-corrected chi connectivity index (χ2v) is 23.1. The Kier molecular flexibility index (Phi) is 62.6. The molecule has 0 spiro atoms. The topological polar surface area (TPSA) is 78.9 Å². The van der Waals surface area contributed by atoms with Crippen LogP contribution >= 0.6 is 0 Å². The minimum Gasteiger partial charge on any atom is -0.462 e. The smallest absolute Gasteiger partial charge is 0.306 e. The van der Waals surface area contributed by atoms with Crippen molar-refractivity contribution >= 4 is 17.9 Å². The van der Waals surface area contributed by atoms with E-state index in [0.717, 1.165) is 70.6 Å². The maximum Gasteiger partial charge on any atom is 0.306 e. The number of carbonyl (C=O) groups excluding carboxylic acids is 3. The average Bonchev–Trinajstić information content (AvgIpc) is 3.41. The van der Waals surface area contributed by atoms with E-state index < -0.39 is 6.10 Å². The molecule has 0 amide bonds. The molecular formula is C69H130O6. The minimum absolute atomic E-state index is 0.0710. The highest BCUT2D eigenvalue weighted by Gasteiger charge is 2.19. The summed E-state index contributed by atoms with van der Waals surface area (Å²) >= 11 is 0. The van der Waals surface area contributed by atoms with Gasteiger partial charge in [0.15, 0.2) is 6.10 Å². The van der Waals surface area contributed by atoms with E-state index in [9.17, 15) is 14.4 Å². The molecule has 0 saturated carbocycles. The van der Waals surface area contributed by atoms with Gasteiger partial charge in [0.05, 0.1) is 0 Å². The van der Waals surface area contributed by atoms with Crippen LogP contribution in [0.15, 0.2) is 24.3 Å². The first-order chi connectivity index (χ1) is 37.0. The van der Waals surface area contributed by atoms with Gasteiger partial charge in [-0.05, 0) is 64.2 Å². The molecule has 6 nitrogen and oxygen atoms in total. The lowest BCUT2D eigenvalue weighted by molar-refractivity contribution is -0.167. The van der Waals surface area contributed by atoms with Crippen LogP contribution in [0.1, 0.15) is 380 Å². The Morgan fingerprint density at radius 3 is 0.720 bits per heavy atom. The van der Waals surface area contributed by atoms with E-state index in [1.54, 1.807) is 0 Å². The van der Waals surface area contributed by atoms with E-state index in [2.05, 4.69) is 45.1 Å². The summed E-state index contributed by atoms with van der Waals surface area (Å²) < 4.78 is 16.9. The van der Waals surface area contributed by atoms with Crippen molar-refractivity contribution in [2.75, 3.05) is 13.2 Å². The van der Waals surface area contributed by atoms with E-state index in [0.29, 0.717) is 19.3 Å². The summed E-state index contributed by atoms with van der Waals surface area (Å²) in [4.78, 5) is 38.2. The van der Waals surface area contributed by atoms with Gasteiger partial charge in [-0.15, -0.1) is 0 Å². The van der Waals surface area contributed by atoms with Crippen molar-refractivity contribution in [3.05, 3.63) is 24.3 Å². The van der Waals surface area contributed by atoms with Crippen molar-refractivity contribution in [2.24, 2.45) is 0 Å². The van der Waals surface area contributed by atoms with Crippen molar-refractivity contribution in [3.63, 3.8) is 0 Å². The highest BCUT2D eigenvalue weighted by Crippen LogP contribution is 2.18. The number of esters is 3. The zero-order valence-electron chi connectivity index (χ0n) is 50.8. The number of ether oxygens (including phenoxy) is 3. The summed E-state index contributed by atoms with van der Waals surface area (Å²) in [7, 11) is 0. The molecule has 0 aliphatic carbocycles. The second kappa shape index (κ2) is 64.4. The highest BCUT2D eigenvalue weighted by molar-refractivity contribution is 5.71. The third-order valence-electron chi connectivity index (χ3n) is 15.4. The molecule has 75 heavy (non-hydrogen) atoms. The van der Waals surface area contributed by atoms with Crippen molar-refractivity contribution in [1.82, 2.24) is 0 Å². The van der Waals surface area contributed by atoms with Gasteiger partial charge in [-0.1, -0.05) is 321 Å². The monoisotopic (exact) mass is 1050 g/mol. The fourth-order valence-corrected chi connectivity index (χ4v) is 10.3. The van der Waals surface area contributed by atoms with Crippen LogP contribution in [-0.2, 0) is 28.6 Å². The van der Waals surface area contributed by atoms with Crippen LogP contribution in [0, 0.1) is 0 Å². The van der Waals surface area contributed by atoms with Gasteiger partial charge in [-0.3, -0.25) is 14.4 Å². The quantitative estimate of drug-likeness (QED) is 0.0261. The van der Waals surface area contributed by atoms with Gasteiger partial charge >= 0.3 is 17.9 Å². The Morgan fingerprint density at radius 2 is 0.467 bits per heavy atom. The molecule has 1 atom stereocenters. The first-order valence-corrected chi connectivity index (χ1v) is 33.8. The summed E-state index contributed by atoms with van der Waals surface area (Å²) in [5.74, 6) is -0.862. The lowest BCUT2D eigenvalue weighted by atomic mass is 10.0. The predicted octanol–water partition coefficient (Wildman–Crippen LogP) is 23.0. The summed E-state index contributed by atoms with van der Waals surface area (Å²) in [6.07, 6.45) is 77.9. The lowest BCUT2D eigenvalue weighted by Gasteiger charge is -2.18. The maximum atomic E-state index is 12.9. The fourth-order valence-electron chi connectivity index (χ4n) is 10.3. The van der Waals surface area contributed by atoms with Gasteiger partial charge in [0.1, 0.15) is 13.2 Å². The van der Waals surface area contributed by atoms with Gasteiger partial charge in [0.2, 0.25) is 0 Å². The van der Waals surface area contributed by atoms with E-state index >= 15 is 0 Å². The lowest BCUT2D eigenvalue weighted by Crippen LogP contribution is -2.30. The third kappa shape index (κ3) is 62.6. The van der Waals surface area contributed by atoms with Crippen LogP contribution in [0.3, 0.4) is 0 Å². The number of unbranched alkanes of at least 4 members (excludes halogenated alkanes) is 48. The standard InChI is InChI=1S/C69H130O6/c1-4-7-10-13-16-19-22-24-26-28-30-31-32-33-34-35-36-37-38-39-40-42-43-45-47-50-53-56-59-62-68(71)74-65-66(64-73-67(70)61-58-55-52-49-21-18-15-12-9-6-3)75-69(72)63-60-57-54-51-48-46-44-41-29-27-25-23-20-17-14-11-8-5-2/h12,15,27,29,66H,4-11,13-14,16-26,28,30-65H2,1-3H3/b15-12-,29-27-. The molecule has 6 heteroatoms. The molecule has 0 aliphatic heterocycles. The first kappa shape index (κ1) is 72.9. The largest absolute Gasteiger partial charge is 0.462 e. The Balaban J connectivity index is 4.10. The van der Waals surface area contributed by atoms with Crippen molar-refractivity contribution in [1.29, 1.82) is 0 Å². The predicted molar refractivity (Wildman–Crippen MR) is 326 cm³/mol. The van der Waals surface area contributed by atoms with Crippen LogP contribution in [-0.4, -0.2) is 37.2 Å². The molecule has 0 aliphatic rings. The van der Waals surface area contributed by atoms with Crippen LogP contribution in [0.2, 0.25) is 0 Å².